The molecule has 3 aromatic rings. The van der Waals surface area contributed by atoms with E-state index in [9.17, 15) is 4.79 Å². The molecule has 0 saturated heterocycles. The lowest BCUT2D eigenvalue weighted by molar-refractivity contribution is 0.0722. The lowest BCUT2D eigenvalue weighted by Gasteiger charge is -2.22. The molecule has 0 unspecified atom stereocenters. The summed E-state index contributed by atoms with van der Waals surface area (Å²) >= 11 is 1.43. The van der Waals surface area contributed by atoms with E-state index in [1.807, 2.05) is 30.3 Å². The summed E-state index contributed by atoms with van der Waals surface area (Å²) in [5.41, 5.74) is 5.33. The smallest absolute Gasteiger partial charge is 0.273 e. The van der Waals surface area contributed by atoms with Gasteiger partial charge < -0.3 is 4.90 Å². The molecule has 0 aliphatic heterocycles. The number of pyridine rings is 1. The summed E-state index contributed by atoms with van der Waals surface area (Å²) in [6.07, 6.45) is 1.74. The molecule has 116 valence electrons. The van der Waals surface area contributed by atoms with Crippen LogP contribution in [0, 0.1) is 6.92 Å². The molecule has 23 heavy (non-hydrogen) atoms. The number of aromatic nitrogens is 2. The van der Waals surface area contributed by atoms with Gasteiger partial charge in [-0.15, -0.1) is 11.3 Å². The normalized spacial score (nSPS) is 10.5. The van der Waals surface area contributed by atoms with Gasteiger partial charge in [0.25, 0.3) is 5.91 Å². The summed E-state index contributed by atoms with van der Waals surface area (Å²) in [4.78, 5) is 23.0. The predicted molar refractivity (Wildman–Crippen MR) is 91.1 cm³/mol. The maximum absolute atomic E-state index is 12.8. The predicted octanol–water partition coefficient (Wildman–Crippen LogP) is 3.69. The number of amides is 1. The van der Waals surface area contributed by atoms with E-state index in [1.165, 1.54) is 16.9 Å². The zero-order valence-electron chi connectivity index (χ0n) is 12.8. The molecule has 0 aliphatic carbocycles. The van der Waals surface area contributed by atoms with Gasteiger partial charge in [-0.3, -0.25) is 9.78 Å². The van der Waals surface area contributed by atoms with Gasteiger partial charge in [0.1, 0.15) is 5.69 Å². The fourth-order valence-corrected chi connectivity index (χ4v) is 2.89. The third kappa shape index (κ3) is 3.81. The number of carbonyl (C=O) groups is 1. The van der Waals surface area contributed by atoms with Crippen LogP contribution in [0.4, 0.5) is 0 Å². The van der Waals surface area contributed by atoms with Crippen LogP contribution in [-0.2, 0) is 13.1 Å². The van der Waals surface area contributed by atoms with Crippen LogP contribution in [0.15, 0.2) is 59.6 Å². The van der Waals surface area contributed by atoms with Crippen molar-refractivity contribution in [3.05, 3.63) is 82.1 Å². The summed E-state index contributed by atoms with van der Waals surface area (Å²) in [6, 6.07) is 13.8. The molecule has 0 atom stereocenters. The van der Waals surface area contributed by atoms with Crippen molar-refractivity contribution in [1.82, 2.24) is 14.9 Å². The highest BCUT2D eigenvalue weighted by atomic mass is 32.1. The Morgan fingerprint density at radius 3 is 2.61 bits per heavy atom. The van der Waals surface area contributed by atoms with E-state index in [0.29, 0.717) is 18.8 Å². The summed E-state index contributed by atoms with van der Waals surface area (Å²) < 4.78 is 0. The molecule has 2 aromatic heterocycles. The Labute approximate surface area is 139 Å². The Kier molecular flexibility index (Phi) is 4.78. The largest absolute Gasteiger partial charge is 0.327 e. The second kappa shape index (κ2) is 7.15. The monoisotopic (exact) mass is 323 g/mol. The number of hydrogen-bond donors (Lipinski definition) is 0. The number of nitrogens with zero attached hydrogens (tertiary/aromatic N) is 3. The molecule has 0 radical (unpaired) electrons. The summed E-state index contributed by atoms with van der Waals surface area (Å²) in [5.74, 6) is -0.0693. The van der Waals surface area contributed by atoms with Crippen LogP contribution >= 0.6 is 11.3 Å². The topological polar surface area (TPSA) is 46.1 Å². The van der Waals surface area contributed by atoms with Gasteiger partial charge in [-0.2, -0.15) is 0 Å². The van der Waals surface area contributed by atoms with Crippen molar-refractivity contribution < 1.29 is 4.79 Å². The molecule has 3 rings (SSSR count). The third-order valence-corrected chi connectivity index (χ3v) is 4.23. The summed E-state index contributed by atoms with van der Waals surface area (Å²) in [5, 5.41) is 1.78. The van der Waals surface area contributed by atoms with Gasteiger partial charge in [0, 0.05) is 18.1 Å². The minimum atomic E-state index is -0.0693. The second-order valence-corrected chi connectivity index (χ2v) is 6.00. The van der Waals surface area contributed by atoms with E-state index in [2.05, 4.69) is 29.0 Å². The number of rotatable bonds is 5. The molecular weight excluding hydrogens is 306 g/mol. The lowest BCUT2D eigenvalue weighted by Crippen LogP contribution is -2.31. The molecule has 1 aromatic carbocycles. The molecule has 1 amide bonds. The SMILES string of the molecule is Cc1ccccc1CN(Cc1ccccn1)C(=O)c1cscn1. The Bertz CT molecular complexity index is 772. The van der Waals surface area contributed by atoms with Gasteiger partial charge in [0.2, 0.25) is 0 Å². The highest BCUT2D eigenvalue weighted by Gasteiger charge is 2.19. The Morgan fingerprint density at radius 1 is 1.09 bits per heavy atom. The van der Waals surface area contributed by atoms with E-state index in [1.54, 1.807) is 22.0 Å². The number of carbonyl (C=O) groups excluding carboxylic acids is 1. The quantitative estimate of drug-likeness (QED) is 0.719. The fraction of sp³-hybridized carbons (Fsp3) is 0.167. The van der Waals surface area contributed by atoms with Crippen LogP contribution < -0.4 is 0 Å². The first-order valence-corrected chi connectivity index (χ1v) is 8.30. The van der Waals surface area contributed by atoms with Crippen LogP contribution in [0.3, 0.4) is 0 Å². The van der Waals surface area contributed by atoms with E-state index >= 15 is 0 Å². The van der Waals surface area contributed by atoms with Crippen molar-refractivity contribution in [2.45, 2.75) is 20.0 Å². The van der Waals surface area contributed by atoms with Gasteiger partial charge in [0.05, 0.1) is 17.7 Å². The van der Waals surface area contributed by atoms with Crippen molar-refractivity contribution in [3.63, 3.8) is 0 Å². The van der Waals surface area contributed by atoms with E-state index < -0.39 is 0 Å². The molecule has 0 saturated carbocycles. The number of thiazole rings is 1. The molecule has 0 spiro atoms. The maximum Gasteiger partial charge on any atom is 0.273 e. The van der Waals surface area contributed by atoms with Gasteiger partial charge in [-0.1, -0.05) is 30.3 Å². The Balaban J connectivity index is 1.87. The first-order chi connectivity index (χ1) is 11.2. The molecule has 0 bridgehead atoms. The molecular formula is C18H17N3OS. The van der Waals surface area contributed by atoms with Crippen molar-refractivity contribution in [2.24, 2.45) is 0 Å². The lowest BCUT2D eigenvalue weighted by atomic mass is 10.1. The minimum absolute atomic E-state index is 0.0693. The maximum atomic E-state index is 12.8. The zero-order valence-corrected chi connectivity index (χ0v) is 13.7. The average molecular weight is 323 g/mol. The Morgan fingerprint density at radius 2 is 1.91 bits per heavy atom. The van der Waals surface area contributed by atoms with Crippen LogP contribution in [-0.4, -0.2) is 20.8 Å². The van der Waals surface area contributed by atoms with Gasteiger partial charge in [-0.25, -0.2) is 4.98 Å². The van der Waals surface area contributed by atoms with Crippen LogP contribution in [0.5, 0.6) is 0 Å². The van der Waals surface area contributed by atoms with Gasteiger partial charge in [0.15, 0.2) is 0 Å². The van der Waals surface area contributed by atoms with Gasteiger partial charge >= 0.3 is 0 Å². The third-order valence-electron chi connectivity index (χ3n) is 3.64. The number of benzene rings is 1. The first-order valence-electron chi connectivity index (χ1n) is 7.36. The zero-order chi connectivity index (χ0) is 16.1. The van der Waals surface area contributed by atoms with Gasteiger partial charge in [-0.05, 0) is 30.2 Å². The van der Waals surface area contributed by atoms with Crippen molar-refractivity contribution >= 4 is 17.2 Å². The second-order valence-electron chi connectivity index (χ2n) is 5.28. The van der Waals surface area contributed by atoms with Crippen molar-refractivity contribution in [2.75, 3.05) is 0 Å². The van der Waals surface area contributed by atoms with Crippen molar-refractivity contribution in [1.29, 1.82) is 0 Å². The summed E-state index contributed by atoms with van der Waals surface area (Å²) in [6.45, 7) is 3.06. The number of aryl methyl sites for hydroxylation is 1. The minimum Gasteiger partial charge on any atom is -0.327 e. The highest BCUT2D eigenvalue weighted by Crippen LogP contribution is 2.16. The number of hydrogen-bond acceptors (Lipinski definition) is 4. The molecule has 0 N–H and O–H groups in total. The van der Waals surface area contributed by atoms with Crippen molar-refractivity contribution in [3.8, 4) is 0 Å². The molecule has 2 heterocycles. The van der Waals surface area contributed by atoms with Crippen LogP contribution in [0.25, 0.3) is 0 Å². The first kappa shape index (κ1) is 15.4. The summed E-state index contributed by atoms with van der Waals surface area (Å²) in [7, 11) is 0. The molecule has 0 fully saturated rings. The van der Waals surface area contributed by atoms with E-state index in [-0.39, 0.29) is 5.91 Å². The molecule has 0 aliphatic rings. The van der Waals surface area contributed by atoms with Crippen LogP contribution in [0.2, 0.25) is 0 Å². The molecule has 4 nitrogen and oxygen atoms in total. The van der Waals surface area contributed by atoms with E-state index in [4.69, 9.17) is 0 Å². The highest BCUT2D eigenvalue weighted by molar-refractivity contribution is 7.07. The van der Waals surface area contributed by atoms with Crippen LogP contribution in [0.1, 0.15) is 27.3 Å². The fourth-order valence-electron chi connectivity index (χ4n) is 2.36. The standard InChI is InChI=1S/C18H17N3OS/c1-14-6-2-3-7-15(14)10-21(11-16-8-4-5-9-19-16)18(22)17-12-23-13-20-17/h2-9,12-13H,10-11H2,1H3. The molecule has 5 heteroatoms. The van der Waals surface area contributed by atoms with E-state index in [0.717, 1.165) is 11.3 Å². The average Bonchev–Trinajstić information content (AvgIpc) is 3.11. The Hall–Kier alpha value is -2.53.